The lowest BCUT2D eigenvalue weighted by molar-refractivity contribution is 0.137. The summed E-state index contributed by atoms with van der Waals surface area (Å²) < 4.78 is 20.9. The summed E-state index contributed by atoms with van der Waals surface area (Å²) in [5.41, 5.74) is 16.0. The molecular weight excluding hydrogens is 227 g/mol. The van der Waals surface area contributed by atoms with E-state index in [-0.39, 0.29) is 0 Å². The van der Waals surface area contributed by atoms with Crippen LogP contribution in [0.15, 0.2) is 36.8 Å². The Kier molecular flexibility index (Phi) is 8.64. The van der Waals surface area contributed by atoms with Crippen LogP contribution in [0.4, 0.5) is 0 Å². The molecule has 0 spiro atoms. The van der Waals surface area contributed by atoms with Crippen molar-refractivity contribution in [1.82, 2.24) is 0 Å². The Balaban J connectivity index is 3.88. The third-order valence-electron chi connectivity index (χ3n) is 1.43. The highest BCUT2D eigenvalue weighted by atomic mass is 31.1. The molecule has 0 amide bonds. The summed E-state index contributed by atoms with van der Waals surface area (Å²) in [7, 11) is -2.33. The van der Waals surface area contributed by atoms with Crippen molar-refractivity contribution in [3.8, 4) is 0 Å². The minimum absolute atomic E-state index is 0.357. The Morgan fingerprint density at radius 1 is 1.12 bits per heavy atom. The first-order chi connectivity index (χ1) is 7.60. The molecule has 0 heterocycles. The SMILES string of the molecule is C=C=CCC(N)O[P+](=O)OC(N)CC=C=C. The van der Waals surface area contributed by atoms with Crippen LogP contribution >= 0.6 is 8.25 Å². The first-order valence-electron chi connectivity index (χ1n) is 4.60. The molecule has 0 aliphatic carbocycles. The maximum atomic E-state index is 11.2. The predicted molar refractivity (Wildman–Crippen MR) is 62.4 cm³/mol. The van der Waals surface area contributed by atoms with Crippen molar-refractivity contribution in [3.63, 3.8) is 0 Å². The Hall–Kier alpha value is -1.02. The fourth-order valence-electron chi connectivity index (χ4n) is 0.731. The van der Waals surface area contributed by atoms with Gasteiger partial charge in [0.05, 0.1) is 0 Å². The number of rotatable bonds is 8. The van der Waals surface area contributed by atoms with E-state index in [9.17, 15) is 4.57 Å². The van der Waals surface area contributed by atoms with Crippen molar-refractivity contribution in [2.75, 3.05) is 0 Å². The average Bonchev–Trinajstić information content (AvgIpc) is 2.23. The molecule has 0 aromatic rings. The van der Waals surface area contributed by atoms with Gasteiger partial charge in [0.25, 0.3) is 0 Å². The van der Waals surface area contributed by atoms with Crippen molar-refractivity contribution in [1.29, 1.82) is 0 Å². The van der Waals surface area contributed by atoms with Crippen LogP contribution in [0.5, 0.6) is 0 Å². The van der Waals surface area contributed by atoms with Crippen LogP contribution in [0.25, 0.3) is 0 Å². The van der Waals surface area contributed by atoms with Crippen LogP contribution in [0.3, 0.4) is 0 Å². The zero-order valence-corrected chi connectivity index (χ0v) is 9.86. The molecule has 88 valence electrons. The Labute approximate surface area is 96.1 Å². The van der Waals surface area contributed by atoms with Gasteiger partial charge in [0, 0.05) is 17.4 Å². The lowest BCUT2D eigenvalue weighted by Crippen LogP contribution is -2.23. The average molecular weight is 243 g/mol. The van der Waals surface area contributed by atoms with Gasteiger partial charge in [-0.25, -0.2) is 0 Å². The normalized spacial score (nSPS) is 14.2. The molecule has 5 nitrogen and oxygen atoms in total. The summed E-state index contributed by atoms with van der Waals surface area (Å²) in [6.45, 7) is 6.72. The zero-order chi connectivity index (χ0) is 12.4. The van der Waals surface area contributed by atoms with Gasteiger partial charge in [-0.2, -0.15) is 0 Å². The molecule has 0 radical (unpaired) electrons. The highest BCUT2D eigenvalue weighted by Crippen LogP contribution is 2.27. The summed E-state index contributed by atoms with van der Waals surface area (Å²) in [6.07, 6.45) is 2.42. The number of hydrogen-bond donors (Lipinski definition) is 2. The standard InChI is InChI=1S/C10H16N2O3P/c1-3-5-7-9(11)14-16(13)15-10(12)8-6-4-2/h5-6,9-10H,1-2,7-8,11-12H2/q+1. The van der Waals surface area contributed by atoms with Crippen LogP contribution in [-0.4, -0.2) is 12.5 Å². The largest absolute Gasteiger partial charge is 0.700 e. The van der Waals surface area contributed by atoms with Gasteiger partial charge < -0.3 is 11.5 Å². The first kappa shape index (κ1) is 15.0. The van der Waals surface area contributed by atoms with E-state index in [0.29, 0.717) is 12.8 Å². The van der Waals surface area contributed by atoms with Gasteiger partial charge in [-0.3, -0.25) is 0 Å². The molecule has 4 N–H and O–H groups in total. The smallest absolute Gasteiger partial charge is 0.302 e. The molecule has 2 atom stereocenters. The van der Waals surface area contributed by atoms with Gasteiger partial charge in [-0.1, -0.05) is 22.2 Å². The summed E-state index contributed by atoms with van der Waals surface area (Å²) in [5, 5.41) is 0. The van der Waals surface area contributed by atoms with Gasteiger partial charge in [-0.15, -0.1) is 11.5 Å². The molecule has 0 rings (SSSR count). The minimum Gasteiger partial charge on any atom is -0.302 e. The third kappa shape index (κ3) is 8.30. The first-order valence-corrected chi connectivity index (χ1v) is 5.70. The fourth-order valence-corrected chi connectivity index (χ4v) is 1.39. The van der Waals surface area contributed by atoms with Crippen molar-refractivity contribution < 1.29 is 13.6 Å². The monoisotopic (exact) mass is 243 g/mol. The number of nitrogens with two attached hydrogens (primary N) is 2. The highest BCUT2D eigenvalue weighted by molar-refractivity contribution is 7.33. The second kappa shape index (κ2) is 9.22. The van der Waals surface area contributed by atoms with Crippen LogP contribution < -0.4 is 11.5 Å². The van der Waals surface area contributed by atoms with E-state index < -0.39 is 20.7 Å². The second-order valence-electron chi connectivity index (χ2n) is 2.80. The molecule has 0 aliphatic rings. The maximum absolute atomic E-state index is 11.2. The van der Waals surface area contributed by atoms with E-state index in [1.54, 1.807) is 12.2 Å². The van der Waals surface area contributed by atoms with E-state index in [1.165, 1.54) is 0 Å². The Morgan fingerprint density at radius 2 is 1.50 bits per heavy atom. The molecule has 0 saturated carbocycles. The van der Waals surface area contributed by atoms with E-state index >= 15 is 0 Å². The molecule has 6 heteroatoms. The third-order valence-corrected chi connectivity index (χ3v) is 2.32. The van der Waals surface area contributed by atoms with Crippen LogP contribution in [-0.2, 0) is 13.6 Å². The van der Waals surface area contributed by atoms with E-state index in [2.05, 4.69) is 24.6 Å². The fraction of sp³-hybridized carbons (Fsp3) is 0.400. The second-order valence-corrected chi connectivity index (χ2v) is 3.67. The van der Waals surface area contributed by atoms with Crippen molar-refractivity contribution in [2.24, 2.45) is 11.5 Å². The lowest BCUT2D eigenvalue weighted by atomic mass is 10.4. The Morgan fingerprint density at radius 3 is 1.81 bits per heavy atom. The predicted octanol–water partition coefficient (Wildman–Crippen LogP) is 1.71. The van der Waals surface area contributed by atoms with Gasteiger partial charge in [-0.05, 0) is 12.2 Å². The Bertz CT molecular complexity index is 290. The molecule has 2 unspecified atom stereocenters. The molecule has 16 heavy (non-hydrogen) atoms. The van der Waals surface area contributed by atoms with Gasteiger partial charge in [0.15, 0.2) is 12.5 Å². The lowest BCUT2D eigenvalue weighted by Gasteiger charge is -2.01. The van der Waals surface area contributed by atoms with Crippen LogP contribution in [0.1, 0.15) is 12.8 Å². The van der Waals surface area contributed by atoms with Crippen LogP contribution in [0.2, 0.25) is 0 Å². The molecule has 0 aromatic heterocycles. The van der Waals surface area contributed by atoms with Crippen molar-refractivity contribution in [3.05, 3.63) is 36.8 Å². The topological polar surface area (TPSA) is 87.6 Å². The molecule has 0 bridgehead atoms. The quantitative estimate of drug-likeness (QED) is 0.385. The van der Waals surface area contributed by atoms with Crippen molar-refractivity contribution in [2.45, 2.75) is 25.3 Å². The van der Waals surface area contributed by atoms with E-state index in [4.69, 9.17) is 20.5 Å². The van der Waals surface area contributed by atoms with E-state index in [1.807, 2.05) is 0 Å². The minimum atomic E-state index is -2.33. The summed E-state index contributed by atoms with van der Waals surface area (Å²) >= 11 is 0. The molecule has 0 aliphatic heterocycles. The maximum Gasteiger partial charge on any atom is 0.700 e. The zero-order valence-electron chi connectivity index (χ0n) is 8.96. The molecule has 0 aromatic carbocycles. The van der Waals surface area contributed by atoms with Gasteiger partial charge >= 0.3 is 8.25 Å². The highest BCUT2D eigenvalue weighted by Gasteiger charge is 2.27. The van der Waals surface area contributed by atoms with Gasteiger partial charge in [0.1, 0.15) is 0 Å². The summed E-state index contributed by atoms with van der Waals surface area (Å²) in [6, 6.07) is 0. The molecule has 0 fully saturated rings. The van der Waals surface area contributed by atoms with E-state index in [0.717, 1.165) is 0 Å². The number of hydrogen-bond acceptors (Lipinski definition) is 5. The van der Waals surface area contributed by atoms with Crippen LogP contribution in [0, 0.1) is 0 Å². The van der Waals surface area contributed by atoms with Gasteiger partial charge in [0.2, 0.25) is 0 Å². The van der Waals surface area contributed by atoms with Crippen molar-refractivity contribution >= 4 is 8.25 Å². The summed E-state index contributed by atoms with van der Waals surface area (Å²) in [5.74, 6) is 0. The molecule has 0 saturated heterocycles. The molecular formula is C10H16N2O3P+. The summed E-state index contributed by atoms with van der Waals surface area (Å²) in [4.78, 5) is 0.